The van der Waals surface area contributed by atoms with Gasteiger partial charge in [0.15, 0.2) is 18.1 Å². The Balaban J connectivity index is 1.42. The molecule has 11 heteroatoms. The van der Waals surface area contributed by atoms with Crippen molar-refractivity contribution in [1.82, 2.24) is 28.9 Å². The number of carbonyl (C=O) groups excluding carboxylic acids is 1. The molecule has 0 unspecified atom stereocenters. The summed E-state index contributed by atoms with van der Waals surface area (Å²) in [5.74, 6) is -0.0183. The van der Waals surface area contributed by atoms with Crippen LogP contribution in [0.3, 0.4) is 0 Å². The second-order valence-corrected chi connectivity index (χ2v) is 8.69. The van der Waals surface area contributed by atoms with Crippen molar-refractivity contribution in [1.29, 1.82) is 0 Å². The summed E-state index contributed by atoms with van der Waals surface area (Å²) in [7, 11) is 1.62. The van der Waals surface area contributed by atoms with Gasteiger partial charge in [-0.25, -0.2) is 4.79 Å². The van der Waals surface area contributed by atoms with Crippen LogP contribution in [0.15, 0.2) is 75.6 Å². The lowest BCUT2D eigenvalue weighted by Gasteiger charge is -2.11. The van der Waals surface area contributed by atoms with Crippen molar-refractivity contribution in [3.63, 3.8) is 0 Å². The molecule has 0 N–H and O–H groups in total. The first-order chi connectivity index (χ1) is 17.0. The van der Waals surface area contributed by atoms with Crippen LogP contribution < -0.4 is 11.1 Å². The standard InChI is InChI=1S/C24H16N6O4S/c1-28-22(32)20-17(11-12-35-20)29-18(25-26-24(28)29)13-34-23(33)19-15-9-5-6-10-16(15)21(31)30(27-19)14-7-3-2-4-8-14/h2-12H,13H2,1H3. The molecule has 4 heterocycles. The number of carbonyl (C=O) groups is 1. The molecule has 0 saturated carbocycles. The average molecular weight is 484 g/mol. The third-order valence-electron chi connectivity index (χ3n) is 5.73. The zero-order valence-corrected chi connectivity index (χ0v) is 19.1. The first-order valence-corrected chi connectivity index (χ1v) is 11.5. The van der Waals surface area contributed by atoms with Gasteiger partial charge in [0.1, 0.15) is 4.70 Å². The molecule has 0 atom stereocenters. The van der Waals surface area contributed by atoms with Crippen LogP contribution in [0.25, 0.3) is 32.5 Å². The van der Waals surface area contributed by atoms with Crippen molar-refractivity contribution < 1.29 is 9.53 Å². The third kappa shape index (κ3) is 3.24. The van der Waals surface area contributed by atoms with Gasteiger partial charge >= 0.3 is 5.97 Å². The average Bonchev–Trinajstić information content (AvgIpc) is 3.54. The highest BCUT2D eigenvalue weighted by molar-refractivity contribution is 7.17. The van der Waals surface area contributed by atoms with Gasteiger partial charge in [-0.2, -0.15) is 9.78 Å². The summed E-state index contributed by atoms with van der Waals surface area (Å²) in [5.41, 5.74) is 0.669. The molecule has 35 heavy (non-hydrogen) atoms. The van der Waals surface area contributed by atoms with Gasteiger partial charge < -0.3 is 4.74 Å². The number of para-hydroxylation sites is 1. The Morgan fingerprint density at radius 3 is 2.49 bits per heavy atom. The lowest BCUT2D eigenvalue weighted by atomic mass is 10.1. The molecule has 6 rings (SSSR count). The lowest BCUT2D eigenvalue weighted by Crippen LogP contribution is -2.25. The molecule has 0 aliphatic heterocycles. The fourth-order valence-corrected chi connectivity index (χ4v) is 4.88. The molecule has 0 amide bonds. The van der Waals surface area contributed by atoms with Gasteiger partial charge in [-0.05, 0) is 29.6 Å². The number of esters is 1. The minimum absolute atomic E-state index is 0.00551. The van der Waals surface area contributed by atoms with Crippen LogP contribution in [-0.2, 0) is 18.4 Å². The Hall–Kier alpha value is -4.64. The summed E-state index contributed by atoms with van der Waals surface area (Å²) in [6.07, 6.45) is 0. The molecule has 10 nitrogen and oxygen atoms in total. The second kappa shape index (κ2) is 7.99. The van der Waals surface area contributed by atoms with E-state index in [1.54, 1.807) is 66.0 Å². The number of aryl methyl sites for hydroxylation is 1. The van der Waals surface area contributed by atoms with E-state index in [9.17, 15) is 14.4 Å². The molecule has 0 radical (unpaired) electrons. The van der Waals surface area contributed by atoms with E-state index in [4.69, 9.17) is 4.74 Å². The fourth-order valence-electron chi connectivity index (χ4n) is 4.03. The van der Waals surface area contributed by atoms with Crippen LogP contribution >= 0.6 is 11.3 Å². The Morgan fingerprint density at radius 1 is 0.943 bits per heavy atom. The molecular formula is C24H16N6O4S. The van der Waals surface area contributed by atoms with Crippen LogP contribution in [-0.4, -0.2) is 34.9 Å². The van der Waals surface area contributed by atoms with E-state index in [1.165, 1.54) is 20.6 Å². The molecule has 0 aliphatic rings. The largest absolute Gasteiger partial charge is 0.453 e. The Bertz CT molecular complexity index is 1880. The van der Waals surface area contributed by atoms with E-state index in [-0.39, 0.29) is 23.4 Å². The van der Waals surface area contributed by atoms with Gasteiger partial charge in [0.25, 0.3) is 11.1 Å². The molecule has 2 aromatic carbocycles. The molecule has 4 aromatic heterocycles. The number of hydrogen-bond acceptors (Lipinski definition) is 8. The molecule has 0 bridgehead atoms. The summed E-state index contributed by atoms with van der Waals surface area (Å²) < 4.78 is 10.4. The van der Waals surface area contributed by atoms with Crippen molar-refractivity contribution in [3.05, 3.63) is 98.3 Å². The molecule has 172 valence electrons. The summed E-state index contributed by atoms with van der Waals surface area (Å²) in [6.45, 7) is -0.205. The quantitative estimate of drug-likeness (QED) is 0.354. The highest BCUT2D eigenvalue weighted by Crippen LogP contribution is 2.20. The van der Waals surface area contributed by atoms with Crippen molar-refractivity contribution in [3.8, 4) is 5.69 Å². The third-order valence-corrected chi connectivity index (χ3v) is 6.62. The zero-order chi connectivity index (χ0) is 24.1. The van der Waals surface area contributed by atoms with Crippen molar-refractivity contribution in [2.45, 2.75) is 6.61 Å². The smallest absolute Gasteiger partial charge is 0.359 e. The van der Waals surface area contributed by atoms with Crippen LogP contribution in [0.4, 0.5) is 0 Å². The van der Waals surface area contributed by atoms with Crippen molar-refractivity contribution in [2.24, 2.45) is 7.05 Å². The predicted molar refractivity (Wildman–Crippen MR) is 130 cm³/mol. The minimum Gasteiger partial charge on any atom is -0.453 e. The highest BCUT2D eigenvalue weighted by Gasteiger charge is 2.21. The fraction of sp³-hybridized carbons (Fsp3) is 0.0833. The normalized spacial score (nSPS) is 11.5. The van der Waals surface area contributed by atoms with Crippen LogP contribution in [0.5, 0.6) is 0 Å². The maximum absolute atomic E-state index is 13.2. The number of benzene rings is 2. The van der Waals surface area contributed by atoms with Crippen LogP contribution in [0.1, 0.15) is 16.3 Å². The number of hydrogen-bond donors (Lipinski definition) is 0. The van der Waals surface area contributed by atoms with Crippen LogP contribution in [0.2, 0.25) is 0 Å². The number of nitrogens with zero attached hydrogens (tertiary/aromatic N) is 6. The molecule has 6 aromatic rings. The SMILES string of the molecule is Cn1c(=O)c2sccc2n2c(COC(=O)c3nn(-c4ccccc4)c(=O)c4ccccc34)nnc12. The van der Waals surface area contributed by atoms with E-state index >= 15 is 0 Å². The van der Waals surface area contributed by atoms with E-state index in [0.717, 1.165) is 0 Å². The predicted octanol–water partition coefficient (Wildman–Crippen LogP) is 2.70. The number of fused-ring (bicyclic) bond motifs is 4. The maximum atomic E-state index is 13.2. The van der Waals surface area contributed by atoms with Gasteiger partial charge in [0.05, 0.1) is 16.6 Å². The lowest BCUT2D eigenvalue weighted by molar-refractivity contribution is 0.0455. The first kappa shape index (κ1) is 20.9. The number of ether oxygens (including phenoxy) is 1. The van der Waals surface area contributed by atoms with Gasteiger partial charge in [0.2, 0.25) is 5.78 Å². The topological polar surface area (TPSA) is 113 Å². The summed E-state index contributed by atoms with van der Waals surface area (Å²) in [4.78, 5) is 38.8. The van der Waals surface area contributed by atoms with Gasteiger partial charge in [-0.15, -0.1) is 21.5 Å². The summed E-state index contributed by atoms with van der Waals surface area (Å²) in [5, 5.41) is 15.1. The zero-order valence-electron chi connectivity index (χ0n) is 18.3. The number of thiophene rings is 1. The molecule has 0 saturated heterocycles. The molecule has 0 spiro atoms. The van der Waals surface area contributed by atoms with Gasteiger partial charge in [0, 0.05) is 12.4 Å². The monoisotopic (exact) mass is 484 g/mol. The van der Waals surface area contributed by atoms with Crippen molar-refractivity contribution >= 4 is 44.1 Å². The minimum atomic E-state index is -0.714. The van der Waals surface area contributed by atoms with Crippen molar-refractivity contribution in [2.75, 3.05) is 0 Å². The van der Waals surface area contributed by atoms with E-state index < -0.39 is 5.97 Å². The van der Waals surface area contributed by atoms with Gasteiger partial charge in [-0.1, -0.05) is 36.4 Å². The summed E-state index contributed by atoms with van der Waals surface area (Å²) in [6, 6.07) is 17.4. The second-order valence-electron chi connectivity index (χ2n) is 7.77. The molecular weight excluding hydrogens is 468 g/mol. The van der Waals surface area contributed by atoms with Crippen LogP contribution in [0, 0.1) is 0 Å². The van der Waals surface area contributed by atoms with Gasteiger partial charge in [-0.3, -0.25) is 18.6 Å². The van der Waals surface area contributed by atoms with E-state index in [0.29, 0.717) is 38.3 Å². The van der Waals surface area contributed by atoms with E-state index in [1.807, 2.05) is 11.4 Å². The molecule has 0 aliphatic carbocycles. The number of rotatable bonds is 4. The summed E-state index contributed by atoms with van der Waals surface area (Å²) >= 11 is 1.32. The Morgan fingerprint density at radius 2 is 1.69 bits per heavy atom. The highest BCUT2D eigenvalue weighted by atomic mass is 32.1. The van der Waals surface area contributed by atoms with E-state index in [2.05, 4.69) is 15.3 Å². The number of aromatic nitrogens is 6. The molecule has 0 fully saturated rings. The maximum Gasteiger partial charge on any atom is 0.359 e. The Labute approximate surface area is 200 Å². The Kier molecular flexibility index (Phi) is 4.78. The first-order valence-electron chi connectivity index (χ1n) is 10.6.